The van der Waals surface area contributed by atoms with Crippen LogP contribution >= 0.6 is 0 Å². The van der Waals surface area contributed by atoms with Crippen molar-refractivity contribution in [2.75, 3.05) is 24.6 Å². The van der Waals surface area contributed by atoms with Gasteiger partial charge in [-0.3, -0.25) is 28.3 Å². The molecule has 6 N–H and O–H groups in total. The van der Waals surface area contributed by atoms with Crippen LogP contribution in [0.1, 0.15) is 189 Å². The number of carbonyl (C=O) groups excluding carboxylic acids is 4. The summed E-state index contributed by atoms with van der Waals surface area (Å²) in [5.41, 5.74) is 0.247. The summed E-state index contributed by atoms with van der Waals surface area (Å²) in [6, 6.07) is 0. The zero-order chi connectivity index (χ0) is 54.5. The molecule has 2 amide bonds. The third-order valence-corrected chi connectivity index (χ3v) is 24.6. The van der Waals surface area contributed by atoms with Crippen molar-refractivity contribution in [3.63, 3.8) is 0 Å². The van der Waals surface area contributed by atoms with E-state index in [2.05, 4.69) is 52.2 Å². The Hall–Kier alpha value is -2.38. The number of fused-ring (bicyclic) bond motifs is 10. The number of aliphatic hydroxyl groups excluding tert-OH is 2. The molecule has 8 aliphatic rings. The average molecular weight is 1100 g/mol. The lowest BCUT2D eigenvalue weighted by atomic mass is 9.43. The Morgan fingerprint density at radius 2 is 0.880 bits per heavy atom. The van der Waals surface area contributed by atoms with Gasteiger partial charge in [-0.25, -0.2) is 0 Å². The number of carbonyl (C=O) groups is 4. The lowest BCUT2D eigenvalue weighted by Gasteiger charge is -2.62. The van der Waals surface area contributed by atoms with Crippen LogP contribution in [0.3, 0.4) is 0 Å². The number of nitrogens with one attached hydrogen (secondary N) is 2. The van der Waals surface area contributed by atoms with Gasteiger partial charge in [0.1, 0.15) is 12.2 Å². The molecule has 0 bridgehead atoms. The number of hydrogen-bond acceptors (Lipinski definition) is 12. The van der Waals surface area contributed by atoms with E-state index in [1.54, 1.807) is 0 Å². The molecular weight excluding hydrogens is 1000 g/mol. The van der Waals surface area contributed by atoms with Crippen molar-refractivity contribution in [3.8, 4) is 0 Å². The molecule has 8 aliphatic carbocycles. The first kappa shape index (κ1) is 58.8. The quantitative estimate of drug-likeness (QED) is 0.0498. The van der Waals surface area contributed by atoms with Crippen molar-refractivity contribution < 1.29 is 64.8 Å². The van der Waals surface area contributed by atoms with E-state index in [9.17, 15) is 46.2 Å². The van der Waals surface area contributed by atoms with Crippen LogP contribution in [0.25, 0.3) is 0 Å². The Morgan fingerprint density at radius 1 is 0.520 bits per heavy atom. The second kappa shape index (κ2) is 23.0. The van der Waals surface area contributed by atoms with Gasteiger partial charge in [0.05, 0.1) is 23.7 Å². The molecule has 2 unspecified atom stereocenters. The minimum atomic E-state index is -4.13. The van der Waals surface area contributed by atoms with Crippen LogP contribution < -0.4 is 10.6 Å². The smallest absolute Gasteiger partial charge is 0.306 e. The van der Waals surface area contributed by atoms with E-state index in [1.165, 1.54) is 0 Å². The van der Waals surface area contributed by atoms with E-state index in [4.69, 9.17) is 18.6 Å². The summed E-state index contributed by atoms with van der Waals surface area (Å²) < 4.78 is 74.4. The van der Waals surface area contributed by atoms with Crippen LogP contribution in [0.15, 0.2) is 0 Å². The Kier molecular flexibility index (Phi) is 18.0. The number of hydrogen-bond donors (Lipinski definition) is 6. The predicted octanol–water partition coefficient (Wildman–Crippen LogP) is 8.08. The van der Waals surface area contributed by atoms with E-state index in [0.717, 1.165) is 89.9 Å². The molecule has 0 aliphatic heterocycles. The molecule has 0 aromatic carbocycles. The number of ether oxygens (including phenoxy) is 2. The summed E-state index contributed by atoms with van der Waals surface area (Å²) in [4.78, 5) is 51.6. The molecule has 0 radical (unpaired) electrons. The third kappa shape index (κ3) is 12.7. The maximum absolute atomic E-state index is 13.3. The first-order valence-corrected chi connectivity index (χ1v) is 32.6. The summed E-state index contributed by atoms with van der Waals surface area (Å²) in [6.45, 7) is 13.9. The van der Waals surface area contributed by atoms with Gasteiger partial charge in [-0.2, -0.15) is 16.8 Å². The highest BCUT2D eigenvalue weighted by molar-refractivity contribution is 7.86. The Labute approximate surface area is 448 Å². The minimum absolute atomic E-state index is 0.0529. The summed E-state index contributed by atoms with van der Waals surface area (Å²) in [5.74, 6) is 2.02. The van der Waals surface area contributed by atoms with Crippen molar-refractivity contribution in [3.05, 3.63) is 0 Å². The highest BCUT2D eigenvalue weighted by atomic mass is 32.2. The van der Waals surface area contributed by atoms with Gasteiger partial charge in [0.2, 0.25) is 11.8 Å². The minimum Gasteiger partial charge on any atom is -0.462 e. The van der Waals surface area contributed by atoms with Crippen LogP contribution in [0.4, 0.5) is 0 Å². The van der Waals surface area contributed by atoms with Crippen molar-refractivity contribution >= 4 is 44.0 Å². The highest BCUT2D eigenvalue weighted by Gasteiger charge is 2.65. The lowest BCUT2D eigenvalue weighted by molar-refractivity contribution is -0.183. The van der Waals surface area contributed by atoms with Crippen molar-refractivity contribution in [1.29, 1.82) is 0 Å². The van der Waals surface area contributed by atoms with Gasteiger partial charge in [0.25, 0.3) is 20.2 Å². The van der Waals surface area contributed by atoms with Crippen LogP contribution in [-0.2, 0) is 48.9 Å². The molecule has 0 saturated heterocycles. The molecule has 0 heterocycles. The number of amides is 2. The normalized spacial score (nSPS) is 42.0. The number of aliphatic hydroxyl groups is 2. The van der Waals surface area contributed by atoms with Crippen LogP contribution in [-0.4, -0.2) is 109 Å². The van der Waals surface area contributed by atoms with Crippen LogP contribution in [0.5, 0.6) is 0 Å². The van der Waals surface area contributed by atoms with Gasteiger partial charge in [-0.05, 0) is 215 Å². The van der Waals surface area contributed by atoms with Gasteiger partial charge in [0.15, 0.2) is 0 Å². The second-order valence-electron chi connectivity index (χ2n) is 27.0. The zero-order valence-electron chi connectivity index (χ0n) is 46.0. The average Bonchev–Trinajstić information content (AvgIpc) is 3.87. The molecule has 16 nitrogen and oxygen atoms in total. The maximum atomic E-state index is 13.3. The number of esters is 2. The zero-order valence-corrected chi connectivity index (χ0v) is 47.7. The topological polar surface area (TPSA) is 260 Å². The predicted molar refractivity (Wildman–Crippen MR) is 282 cm³/mol. The van der Waals surface area contributed by atoms with E-state index in [-0.39, 0.29) is 107 Å². The molecule has 0 aromatic rings. The molecule has 0 spiro atoms. The van der Waals surface area contributed by atoms with Crippen molar-refractivity contribution in [1.82, 2.24) is 10.6 Å². The van der Waals surface area contributed by atoms with Gasteiger partial charge < -0.3 is 30.3 Å². The molecule has 8 rings (SSSR count). The fraction of sp³-hybridized carbons (Fsp3) is 0.930. The summed E-state index contributed by atoms with van der Waals surface area (Å²) >= 11 is 0. The van der Waals surface area contributed by atoms with Gasteiger partial charge in [-0.15, -0.1) is 0 Å². The van der Waals surface area contributed by atoms with Gasteiger partial charge >= 0.3 is 11.9 Å². The monoisotopic (exact) mass is 1090 g/mol. The molecule has 20 atom stereocenters. The summed E-state index contributed by atoms with van der Waals surface area (Å²) in [7, 11) is -8.26. The fourth-order valence-corrected chi connectivity index (χ4v) is 20.1. The molecule has 8 fully saturated rings. The Balaban J connectivity index is 0.748. The van der Waals surface area contributed by atoms with Crippen molar-refractivity contribution in [2.24, 2.45) is 92.7 Å². The highest BCUT2D eigenvalue weighted by Crippen LogP contribution is 2.70. The summed E-state index contributed by atoms with van der Waals surface area (Å²) in [6.07, 6.45) is 16.3. The lowest BCUT2D eigenvalue weighted by Crippen LogP contribution is -2.58. The van der Waals surface area contributed by atoms with E-state index in [1.807, 2.05) is 0 Å². The Bertz CT molecular complexity index is 2140. The first-order valence-electron chi connectivity index (χ1n) is 29.3. The second-order valence-corrected chi connectivity index (χ2v) is 30.1. The van der Waals surface area contributed by atoms with Crippen LogP contribution in [0.2, 0.25) is 0 Å². The first-order chi connectivity index (χ1) is 35.1. The molecule has 8 saturated carbocycles. The molecule has 75 heavy (non-hydrogen) atoms. The molecule has 428 valence electrons. The largest absolute Gasteiger partial charge is 0.462 e. The standard InChI is InChI=1S/C57H94N2O14S2/c1-34(10-16-48(62)58-26-28-74(66,67)68)40-12-14-42-52-44(20-24-56(40,42)5)54(3)22-18-38(30-36(54)32-46(52)60)72-50(64)8-7-9-51(65)73-39-19-23-55(4)37(31-39)33-47(61)53-43-15-13-41(57(43,6)25-21-45(53)55)35(2)11-17-49(63)59-27-29-75(69,70)71/h34-47,52-53,60-61H,7-33H2,1-6H3,(H,58,62)(H,59,63)(H,66,67,68)(H,69,70,71)/t34-,35+,36?,37?,38-,39+,40-,41+,42+,43-,44+,45-,46-,47-,52+,53-,54+,55-,56-,57+/m1/s1. The van der Waals surface area contributed by atoms with Gasteiger partial charge in [0, 0.05) is 38.8 Å². The summed E-state index contributed by atoms with van der Waals surface area (Å²) in [5, 5.41) is 29.1. The number of rotatable bonds is 20. The maximum Gasteiger partial charge on any atom is 0.306 e. The molecule has 18 heteroatoms. The SMILES string of the molecule is C[C@H](CCC(=O)NCCS(=O)(=O)O)[C@H]1CC[C@H]2[C@@H]3[C@H](O)CC4C[C@H](OC(=O)CCCC(=O)O[C@H]5CC[C@]6(C)C(C5)C[C@@H](O)[C@@H]5[C@H]7CC[C@@H]([C@@H](C)CCC(=O)NCCS(=O)(=O)O)[C@]7(C)CC[C@H]56)CC[C@]4(C)[C@H]3CC[C@]12C. The molecular formula is C57H94N2O14S2. The van der Waals surface area contributed by atoms with Gasteiger partial charge in [-0.1, -0.05) is 41.5 Å². The fourth-order valence-electron chi connectivity index (χ4n) is 19.3. The molecule has 0 aromatic heterocycles. The van der Waals surface area contributed by atoms with E-state index in [0.29, 0.717) is 92.3 Å². The Morgan fingerprint density at radius 3 is 1.25 bits per heavy atom. The van der Waals surface area contributed by atoms with Crippen LogP contribution in [0, 0.1) is 92.7 Å². The third-order valence-electron chi connectivity index (χ3n) is 23.2. The van der Waals surface area contributed by atoms with E-state index < -0.39 is 43.9 Å². The van der Waals surface area contributed by atoms with E-state index >= 15 is 0 Å². The van der Waals surface area contributed by atoms with Crippen molar-refractivity contribution in [2.45, 2.75) is 214 Å².